The molecule has 1 aromatic heterocycles. The molecule has 0 saturated heterocycles. The van der Waals surface area contributed by atoms with Gasteiger partial charge in [-0.25, -0.2) is 4.68 Å². The van der Waals surface area contributed by atoms with Gasteiger partial charge in [0.25, 0.3) is 0 Å². The van der Waals surface area contributed by atoms with E-state index in [9.17, 15) is 0 Å². The Bertz CT molecular complexity index is 473. The van der Waals surface area contributed by atoms with Gasteiger partial charge in [-0.1, -0.05) is 49.2 Å². The number of hydrogen-bond donors (Lipinski definition) is 0. The lowest BCUT2D eigenvalue weighted by Gasteiger charge is -2.23. The van der Waals surface area contributed by atoms with Crippen molar-refractivity contribution in [3.05, 3.63) is 24.3 Å². The summed E-state index contributed by atoms with van der Waals surface area (Å²) in [6, 6.07) is 7.93. The molecular formula is C10H11Br2N3. The molecule has 1 heterocycles. The molecule has 0 radical (unpaired) electrons. The molecule has 0 amide bonds. The van der Waals surface area contributed by atoms with E-state index in [1.165, 1.54) is 0 Å². The molecule has 2 rings (SSSR count). The minimum atomic E-state index is -0.0799. The summed E-state index contributed by atoms with van der Waals surface area (Å²) >= 11 is 7.24. The van der Waals surface area contributed by atoms with E-state index in [4.69, 9.17) is 0 Å². The molecule has 3 nitrogen and oxygen atoms in total. The lowest BCUT2D eigenvalue weighted by molar-refractivity contribution is 0.520. The highest BCUT2D eigenvalue weighted by atomic mass is 79.9. The van der Waals surface area contributed by atoms with E-state index in [1.54, 1.807) is 0 Å². The Hall–Kier alpha value is -0.420. The van der Waals surface area contributed by atoms with Crippen molar-refractivity contribution in [3.8, 4) is 0 Å². The molecule has 5 heteroatoms. The van der Waals surface area contributed by atoms with E-state index in [1.807, 2.05) is 28.9 Å². The third kappa shape index (κ3) is 2.08. The van der Waals surface area contributed by atoms with Crippen LogP contribution in [0.5, 0.6) is 0 Å². The fraction of sp³-hybridized carbons (Fsp3) is 0.400. The average molecular weight is 333 g/mol. The molecule has 0 saturated carbocycles. The first-order valence-corrected chi connectivity index (χ1v) is 6.34. The van der Waals surface area contributed by atoms with Crippen LogP contribution in [0.4, 0.5) is 0 Å². The average Bonchev–Trinajstić information content (AvgIpc) is 2.58. The van der Waals surface area contributed by atoms with Gasteiger partial charge in [0.2, 0.25) is 0 Å². The van der Waals surface area contributed by atoms with Crippen molar-refractivity contribution in [2.75, 3.05) is 0 Å². The van der Waals surface area contributed by atoms with Crippen molar-refractivity contribution in [1.82, 2.24) is 15.0 Å². The Labute approximate surface area is 105 Å². The highest BCUT2D eigenvalue weighted by Crippen LogP contribution is 2.36. The Kier molecular flexibility index (Phi) is 2.85. The smallest absolute Gasteiger partial charge is 0.124 e. The minimum absolute atomic E-state index is 0.0670. The zero-order valence-corrected chi connectivity index (χ0v) is 11.7. The van der Waals surface area contributed by atoms with Crippen molar-refractivity contribution in [2.45, 2.75) is 23.1 Å². The Balaban J connectivity index is 2.53. The summed E-state index contributed by atoms with van der Waals surface area (Å²) in [6.45, 7) is 4.17. The third-order valence-electron chi connectivity index (χ3n) is 2.16. The van der Waals surface area contributed by atoms with Gasteiger partial charge in [-0.2, -0.15) is 0 Å². The molecule has 1 aromatic carbocycles. The summed E-state index contributed by atoms with van der Waals surface area (Å²) in [6.07, 6.45) is 0. The summed E-state index contributed by atoms with van der Waals surface area (Å²) in [5.74, 6) is 0. The Morgan fingerprint density at radius 3 is 2.67 bits per heavy atom. The SMILES string of the molecule is CC(C)(Br)C(Br)n1nnc2ccccc21. The Morgan fingerprint density at radius 1 is 1.33 bits per heavy atom. The van der Waals surface area contributed by atoms with E-state index in [2.05, 4.69) is 56.0 Å². The molecule has 2 aromatic rings. The highest BCUT2D eigenvalue weighted by molar-refractivity contribution is 9.12. The van der Waals surface area contributed by atoms with Gasteiger partial charge < -0.3 is 0 Å². The standard InChI is InChI=1S/C10H11Br2N3/c1-10(2,12)9(11)15-8-6-4-3-5-7(8)13-14-15/h3-6,9H,1-2H3. The number of rotatable bonds is 2. The number of para-hydroxylation sites is 1. The number of aromatic nitrogens is 3. The molecule has 0 aliphatic heterocycles. The maximum Gasteiger partial charge on any atom is 0.124 e. The zero-order chi connectivity index (χ0) is 11.1. The maximum atomic E-state index is 4.15. The maximum absolute atomic E-state index is 4.15. The molecule has 80 valence electrons. The molecule has 1 atom stereocenters. The van der Waals surface area contributed by atoms with Crippen LogP contribution in [-0.2, 0) is 0 Å². The topological polar surface area (TPSA) is 30.7 Å². The van der Waals surface area contributed by atoms with Crippen LogP contribution in [0.15, 0.2) is 24.3 Å². The van der Waals surface area contributed by atoms with Gasteiger partial charge in [-0.05, 0) is 26.0 Å². The lowest BCUT2D eigenvalue weighted by Crippen LogP contribution is -2.23. The molecule has 0 aliphatic carbocycles. The summed E-state index contributed by atoms with van der Waals surface area (Å²) < 4.78 is 1.80. The fourth-order valence-electron chi connectivity index (χ4n) is 1.35. The number of nitrogens with zero attached hydrogens (tertiary/aromatic N) is 3. The number of fused-ring (bicyclic) bond motifs is 1. The van der Waals surface area contributed by atoms with Gasteiger partial charge in [0.1, 0.15) is 10.5 Å². The second-order valence-electron chi connectivity index (χ2n) is 3.92. The predicted molar refractivity (Wildman–Crippen MR) is 68.5 cm³/mol. The van der Waals surface area contributed by atoms with E-state index in [0.717, 1.165) is 11.0 Å². The van der Waals surface area contributed by atoms with Crippen molar-refractivity contribution in [3.63, 3.8) is 0 Å². The lowest BCUT2D eigenvalue weighted by atomic mass is 10.2. The fourth-order valence-corrected chi connectivity index (χ4v) is 1.84. The molecular weight excluding hydrogens is 322 g/mol. The summed E-state index contributed by atoms with van der Waals surface area (Å²) in [7, 11) is 0. The highest BCUT2D eigenvalue weighted by Gasteiger charge is 2.27. The van der Waals surface area contributed by atoms with Gasteiger partial charge >= 0.3 is 0 Å². The van der Waals surface area contributed by atoms with E-state index >= 15 is 0 Å². The van der Waals surface area contributed by atoms with E-state index in [0.29, 0.717) is 0 Å². The van der Waals surface area contributed by atoms with Crippen LogP contribution in [-0.4, -0.2) is 19.3 Å². The van der Waals surface area contributed by atoms with Crippen LogP contribution in [0.2, 0.25) is 0 Å². The largest absolute Gasteiger partial charge is 0.230 e. The summed E-state index contributed by atoms with van der Waals surface area (Å²) in [4.78, 5) is 0.0670. The van der Waals surface area contributed by atoms with Crippen molar-refractivity contribution >= 4 is 42.9 Å². The predicted octanol–water partition coefficient (Wildman–Crippen LogP) is 3.50. The van der Waals surface area contributed by atoms with Crippen molar-refractivity contribution < 1.29 is 0 Å². The number of alkyl halides is 2. The number of hydrogen-bond acceptors (Lipinski definition) is 2. The summed E-state index contributed by atoms with van der Waals surface area (Å²) in [5, 5.41) is 8.27. The van der Waals surface area contributed by atoms with Gasteiger partial charge in [-0.3, -0.25) is 0 Å². The van der Waals surface area contributed by atoms with Crippen LogP contribution < -0.4 is 0 Å². The molecule has 0 N–H and O–H groups in total. The van der Waals surface area contributed by atoms with E-state index in [-0.39, 0.29) is 9.28 Å². The van der Waals surface area contributed by atoms with Gasteiger partial charge in [0.15, 0.2) is 0 Å². The van der Waals surface area contributed by atoms with Crippen LogP contribution in [0.1, 0.15) is 18.8 Å². The molecule has 1 unspecified atom stereocenters. The number of halogens is 2. The first-order chi connectivity index (χ1) is 7.00. The second kappa shape index (κ2) is 3.87. The first kappa shape index (κ1) is 11.1. The van der Waals surface area contributed by atoms with E-state index < -0.39 is 0 Å². The van der Waals surface area contributed by atoms with Crippen LogP contribution in [0, 0.1) is 0 Å². The monoisotopic (exact) mass is 331 g/mol. The second-order valence-corrected chi connectivity index (χ2v) is 6.83. The zero-order valence-electron chi connectivity index (χ0n) is 8.48. The molecule has 0 spiro atoms. The quantitative estimate of drug-likeness (QED) is 0.788. The van der Waals surface area contributed by atoms with Crippen molar-refractivity contribution in [1.29, 1.82) is 0 Å². The van der Waals surface area contributed by atoms with Gasteiger partial charge in [0, 0.05) is 0 Å². The normalized spacial score (nSPS) is 14.4. The molecule has 0 fully saturated rings. The third-order valence-corrected chi connectivity index (χ3v) is 4.74. The van der Waals surface area contributed by atoms with Crippen LogP contribution >= 0.6 is 31.9 Å². The van der Waals surface area contributed by atoms with Gasteiger partial charge in [0.05, 0.1) is 9.84 Å². The van der Waals surface area contributed by atoms with Crippen molar-refractivity contribution in [2.24, 2.45) is 0 Å². The molecule has 15 heavy (non-hydrogen) atoms. The first-order valence-electron chi connectivity index (χ1n) is 4.63. The minimum Gasteiger partial charge on any atom is -0.230 e. The Morgan fingerprint density at radius 2 is 2.00 bits per heavy atom. The van der Waals surface area contributed by atoms with Crippen LogP contribution in [0.3, 0.4) is 0 Å². The van der Waals surface area contributed by atoms with Gasteiger partial charge in [-0.15, -0.1) is 5.10 Å². The number of benzene rings is 1. The van der Waals surface area contributed by atoms with Crippen LogP contribution in [0.25, 0.3) is 11.0 Å². The molecule has 0 bridgehead atoms. The molecule has 0 aliphatic rings. The summed E-state index contributed by atoms with van der Waals surface area (Å²) in [5.41, 5.74) is 1.95.